The molecule has 5 N–H and O–H groups in total. The van der Waals surface area contributed by atoms with Gasteiger partial charge >= 0.3 is 0 Å². The first kappa shape index (κ1) is 22.5. The van der Waals surface area contributed by atoms with E-state index < -0.39 is 16.4 Å². The zero-order valence-corrected chi connectivity index (χ0v) is 19.3. The molecular formula is C23H31N5O4S. The highest BCUT2D eigenvalue weighted by Gasteiger charge is 2.58. The van der Waals surface area contributed by atoms with E-state index in [1.807, 2.05) is 0 Å². The maximum Gasteiger partial charge on any atom is 0.236 e. The third kappa shape index (κ3) is 3.87. The lowest BCUT2D eigenvalue weighted by Crippen LogP contribution is -2.62. The van der Waals surface area contributed by atoms with E-state index in [4.69, 9.17) is 11.0 Å². The van der Waals surface area contributed by atoms with E-state index in [1.54, 1.807) is 24.3 Å². The molecule has 4 saturated carbocycles. The molecule has 1 aromatic carbocycles. The summed E-state index contributed by atoms with van der Waals surface area (Å²) in [6.45, 7) is 0.762. The summed E-state index contributed by atoms with van der Waals surface area (Å²) in [5, 5.41) is 12.2. The van der Waals surface area contributed by atoms with E-state index in [9.17, 15) is 18.7 Å². The first-order valence-electron chi connectivity index (χ1n) is 11.6. The Morgan fingerprint density at radius 2 is 1.82 bits per heavy atom. The van der Waals surface area contributed by atoms with Gasteiger partial charge in [0.1, 0.15) is 0 Å². The van der Waals surface area contributed by atoms with E-state index in [0.29, 0.717) is 36.7 Å². The van der Waals surface area contributed by atoms with Crippen molar-refractivity contribution in [1.29, 1.82) is 5.26 Å². The van der Waals surface area contributed by atoms with Crippen LogP contribution in [0.15, 0.2) is 24.3 Å². The summed E-state index contributed by atoms with van der Waals surface area (Å²) < 4.78 is 25.0. The molecule has 6 rings (SSSR count). The Labute approximate surface area is 195 Å². The number of carbonyl (C=O) groups excluding carboxylic acids is 2. The second-order valence-corrected chi connectivity index (χ2v) is 12.1. The Balaban J connectivity index is 1.25. The number of carbonyl (C=O) groups is 2. The van der Waals surface area contributed by atoms with Crippen molar-refractivity contribution < 1.29 is 18.7 Å². The number of nitriles is 1. The van der Waals surface area contributed by atoms with Gasteiger partial charge in [-0.3, -0.25) is 23.0 Å². The molecule has 4 aliphatic carbocycles. The highest BCUT2D eigenvalue weighted by atomic mass is 32.3. The molecule has 1 aliphatic heterocycles. The van der Waals surface area contributed by atoms with Gasteiger partial charge in [-0.15, -0.1) is 0 Å². The van der Waals surface area contributed by atoms with Crippen LogP contribution in [0.5, 0.6) is 0 Å². The number of nitrogens with one attached hydrogen (secondary N) is 1. The van der Waals surface area contributed by atoms with Crippen LogP contribution in [0.3, 0.4) is 0 Å². The van der Waals surface area contributed by atoms with Crippen molar-refractivity contribution in [1.82, 2.24) is 9.62 Å². The number of nitrogens with two attached hydrogens (primary N) is 1. The topological polar surface area (TPSA) is 143 Å². The Morgan fingerprint density at radius 1 is 1.15 bits per heavy atom. The van der Waals surface area contributed by atoms with E-state index in [2.05, 4.69) is 11.4 Å². The lowest BCUT2D eigenvalue weighted by molar-refractivity contribution is -0.147. The average molecular weight is 474 g/mol. The predicted octanol–water partition coefficient (Wildman–Crippen LogP) is 2.45. The van der Waals surface area contributed by atoms with Crippen molar-refractivity contribution in [2.75, 3.05) is 23.9 Å². The highest BCUT2D eigenvalue weighted by molar-refractivity contribution is 8.23. The van der Waals surface area contributed by atoms with Crippen LogP contribution in [0.4, 0.5) is 5.69 Å². The Bertz CT molecular complexity index is 978. The number of amides is 2. The summed E-state index contributed by atoms with van der Waals surface area (Å²) in [4.78, 5) is 25.2. The first-order chi connectivity index (χ1) is 15.7. The van der Waals surface area contributed by atoms with Crippen LogP contribution in [-0.2, 0) is 9.59 Å². The second kappa shape index (κ2) is 8.17. The Hall–Kier alpha value is -2.32. The van der Waals surface area contributed by atoms with Gasteiger partial charge in [-0.2, -0.15) is 9.57 Å². The van der Waals surface area contributed by atoms with Crippen molar-refractivity contribution in [3.63, 3.8) is 0 Å². The number of hydrogen-bond donors (Lipinski definition) is 4. The van der Waals surface area contributed by atoms with E-state index in [1.165, 1.54) is 8.61 Å². The van der Waals surface area contributed by atoms with Crippen LogP contribution in [-0.4, -0.2) is 50.9 Å². The van der Waals surface area contributed by atoms with E-state index >= 15 is 0 Å². The third-order valence-electron chi connectivity index (χ3n) is 8.14. The molecule has 33 heavy (non-hydrogen) atoms. The lowest BCUT2D eigenvalue weighted by atomic mass is 9.47. The van der Waals surface area contributed by atoms with Crippen LogP contribution in [0.2, 0.25) is 0 Å². The van der Waals surface area contributed by atoms with Crippen LogP contribution in [0, 0.1) is 34.5 Å². The summed E-state index contributed by atoms with van der Waals surface area (Å²) in [7, 11) is -3.35. The molecule has 1 saturated heterocycles. The molecule has 0 aromatic heterocycles. The molecule has 9 nitrogen and oxygen atoms in total. The minimum atomic E-state index is -3.35. The van der Waals surface area contributed by atoms with Crippen LogP contribution in [0.1, 0.15) is 44.1 Å². The Kier molecular flexibility index (Phi) is 5.56. The van der Waals surface area contributed by atoms with Gasteiger partial charge in [0.2, 0.25) is 11.8 Å². The van der Waals surface area contributed by atoms with Gasteiger partial charge in [0, 0.05) is 24.5 Å². The number of benzene rings is 1. The molecule has 2 unspecified atom stereocenters. The minimum Gasteiger partial charge on any atom is -0.369 e. The maximum atomic E-state index is 13.0. The molecule has 4 bridgehead atoms. The molecule has 1 heterocycles. The zero-order valence-electron chi connectivity index (χ0n) is 18.5. The fraction of sp³-hybridized carbons (Fsp3) is 0.609. The third-order valence-corrected chi connectivity index (χ3v) is 10.1. The van der Waals surface area contributed by atoms with E-state index in [0.717, 1.165) is 32.1 Å². The molecule has 2 amide bonds. The quantitative estimate of drug-likeness (QED) is 0.514. The fourth-order valence-electron chi connectivity index (χ4n) is 6.87. The number of anilines is 1. The van der Waals surface area contributed by atoms with Crippen molar-refractivity contribution in [2.24, 2.45) is 28.9 Å². The highest BCUT2D eigenvalue weighted by Crippen LogP contribution is 2.60. The van der Waals surface area contributed by atoms with Crippen molar-refractivity contribution >= 4 is 28.5 Å². The van der Waals surface area contributed by atoms with Gasteiger partial charge in [-0.25, -0.2) is 0 Å². The van der Waals surface area contributed by atoms with Gasteiger partial charge in [0.15, 0.2) is 0 Å². The minimum absolute atomic E-state index is 0.0164. The van der Waals surface area contributed by atoms with Crippen LogP contribution >= 0.6 is 11.0 Å². The van der Waals surface area contributed by atoms with Crippen LogP contribution < -0.4 is 15.4 Å². The van der Waals surface area contributed by atoms with Crippen LogP contribution in [0.25, 0.3) is 0 Å². The number of nitrogens with zero attached hydrogens (tertiary/aromatic N) is 3. The second-order valence-electron chi connectivity index (χ2n) is 10.2. The van der Waals surface area contributed by atoms with E-state index in [-0.39, 0.29) is 36.2 Å². The number of hydrogen-bond acceptors (Lipinski definition) is 7. The largest absolute Gasteiger partial charge is 0.369 e. The van der Waals surface area contributed by atoms with Gasteiger partial charge < -0.3 is 11.1 Å². The molecule has 1 aromatic rings. The lowest BCUT2D eigenvalue weighted by Gasteiger charge is -2.59. The van der Waals surface area contributed by atoms with Gasteiger partial charge in [-0.05, 0) is 80.5 Å². The normalized spacial score (nSPS) is 35.6. The summed E-state index contributed by atoms with van der Waals surface area (Å²) in [6, 6.07) is 8.74. The smallest absolute Gasteiger partial charge is 0.236 e. The molecule has 178 valence electrons. The molecule has 10 heteroatoms. The molecular weight excluding hydrogens is 442 g/mol. The van der Waals surface area contributed by atoms with Gasteiger partial charge in [0.25, 0.3) is 0 Å². The fourth-order valence-corrected chi connectivity index (χ4v) is 8.59. The van der Waals surface area contributed by atoms with Gasteiger partial charge in [-0.1, -0.05) is 11.0 Å². The molecule has 5 aliphatic rings. The molecule has 5 fully saturated rings. The standard InChI is InChI=1S/C23H31N5O4S/c24-13-15-2-4-19(5-3-15)28-7-1-6-27(33(28,31)32)14-20(29)26-21-17-8-16-9-18(21)12-23(10-16,11-17)22(25)30/h2-5,16-18,21,31-32H,1,6-12,14H2,(H2,25,30)(H,26,29). The average Bonchev–Trinajstić information content (AvgIpc) is 2.77. The zero-order chi connectivity index (χ0) is 23.4. The SMILES string of the molecule is N#Cc1ccc(N2CCCN(CC(=O)NC3C4CC5CC3CC(C(N)=O)(C5)C4)S2(O)O)cc1. The first-order valence-corrected chi connectivity index (χ1v) is 13.1. The number of rotatable bonds is 5. The maximum absolute atomic E-state index is 13.0. The Morgan fingerprint density at radius 3 is 2.42 bits per heavy atom. The summed E-state index contributed by atoms with van der Waals surface area (Å²) in [5.41, 5.74) is 6.47. The van der Waals surface area contributed by atoms with Crippen molar-refractivity contribution in [3.8, 4) is 6.07 Å². The summed E-state index contributed by atoms with van der Waals surface area (Å²) >= 11 is 0. The van der Waals surface area contributed by atoms with Crippen molar-refractivity contribution in [3.05, 3.63) is 29.8 Å². The predicted molar refractivity (Wildman–Crippen MR) is 125 cm³/mol. The van der Waals surface area contributed by atoms with Crippen molar-refractivity contribution in [2.45, 2.75) is 44.6 Å². The summed E-state index contributed by atoms with van der Waals surface area (Å²) in [5.74, 6) is 0.603. The molecule has 2 atom stereocenters. The molecule has 0 spiro atoms. The number of primary amides is 1. The monoisotopic (exact) mass is 473 g/mol. The van der Waals surface area contributed by atoms with Gasteiger partial charge in [0.05, 0.1) is 23.9 Å². The molecule has 0 radical (unpaired) electrons. The summed E-state index contributed by atoms with van der Waals surface area (Å²) in [6.07, 6.45) is 5.08.